The molecule has 16 bridgehead atoms. The molecule has 2 atom stereocenters. The standard InChI is InChI=1S/C132H150N8/c1-120(2,3)80-49-74(50-81(62-80)121(4,5)6)107-96-41-44-100(133-96)109(76-53-84(124(13,14)15)64-85(54-76)125(16,17)18)104-68-92-93-69-105-110(77-55-86(126(19,20)21)65-87(56-77)127(22,23)24)101-45-42-98(134-101)108(75-51-82(122(7,8)9)63-83(52-75)123(10,11)12)99-47-48-103(136-99)112(79-59-90(130(31,32)33)67-91(60-79)131(34,35)36)117-94-61-72-39-37-38-40-73(72)71-132(94)95-70-106(139-118(95)113(115(92)137-104)114(116(93)138-105)119(132)140-117)111(102-46-43-97(107)135-102)78-57-88(128(25,26)27)66-89(58-78)129(28,29)30/h37-60,62-70,94,135-138H,61,71H2,1-36H3/t94-,132-/m1/s1. The maximum Gasteiger partial charge on any atom is 0.0780 e. The molecule has 6 aliphatic rings. The summed E-state index contributed by atoms with van der Waals surface area (Å²) in [7, 11) is 0. The second-order valence-corrected chi connectivity index (χ2v) is 54.7. The molecule has 20 rings (SSSR count). The van der Waals surface area contributed by atoms with E-state index in [1.54, 1.807) is 0 Å². The van der Waals surface area contributed by atoms with E-state index in [1.165, 1.54) is 83.5 Å². The predicted molar refractivity (Wildman–Crippen MR) is 603 cm³/mol. The zero-order valence-corrected chi connectivity index (χ0v) is 90.8. The summed E-state index contributed by atoms with van der Waals surface area (Å²) in [5.74, 6) is -0.266. The van der Waals surface area contributed by atoms with Gasteiger partial charge < -0.3 is 19.9 Å². The van der Waals surface area contributed by atoms with Crippen LogP contribution in [0.4, 0.5) is 0 Å². The molecule has 0 radical (unpaired) electrons. The largest absolute Gasteiger partial charge is 0.354 e. The lowest BCUT2D eigenvalue weighted by atomic mass is 9.56. The Morgan fingerprint density at radius 1 is 0.250 bits per heavy atom. The molecular formula is C132H150N8. The van der Waals surface area contributed by atoms with Crippen LogP contribution in [0.15, 0.2) is 170 Å². The highest BCUT2D eigenvalue weighted by molar-refractivity contribution is 6.31. The van der Waals surface area contributed by atoms with Crippen molar-refractivity contribution in [1.82, 2.24) is 39.9 Å². The van der Waals surface area contributed by atoms with Gasteiger partial charge in [0, 0.05) is 93.9 Å². The summed E-state index contributed by atoms with van der Waals surface area (Å²) in [6.07, 6.45) is 13.2. The molecule has 0 unspecified atom stereocenters. The average molecular weight is 1850 g/mol. The summed E-state index contributed by atoms with van der Waals surface area (Å²) in [6.45, 7) is 85.2. The first-order valence-corrected chi connectivity index (χ1v) is 51.7. The minimum absolute atomic E-state index is 0.194. The SMILES string of the molecule is CC(C)(C)c1cc(-c2c3nc(c(-c4cc(C(C)(C)C)cc(C(C)(C)C)c4)c4cc5c6cc7[nH]c6c6c8nc(c(-c9cc(C(C)(C)C)cc(C(C)(C)C)c9)c9ccc([nH]9)c(-c9cc(C(C)(C)C)cc(C(C)(C)C)c9)c9nc(c7-c7cc(C(C)(C)C)cc(C(C)(C)C)c7)C=C9)[C@H]7Cc9ccccc9C[C@@]87C7=Cc(nc7c6c5[nH]4)c(-c4cc(C(C)(C)C)cc(C(C)(C)C)c4)c4ccc2[nH]4)C=C3)cc(C(C)(C)C)c1. The van der Waals surface area contributed by atoms with Crippen molar-refractivity contribution < 1.29 is 0 Å². The second-order valence-electron chi connectivity index (χ2n) is 54.7. The summed E-state index contributed by atoms with van der Waals surface area (Å²) in [5, 5.41) is 4.22. The van der Waals surface area contributed by atoms with Crippen molar-refractivity contribution in [3.63, 3.8) is 0 Å². The highest BCUT2D eigenvalue weighted by Crippen LogP contribution is 2.66. The van der Waals surface area contributed by atoms with E-state index < -0.39 is 5.41 Å². The van der Waals surface area contributed by atoms with Crippen LogP contribution in [0.2, 0.25) is 0 Å². The average Bonchev–Trinajstić information content (AvgIpc) is 1.49. The number of nitrogens with zero attached hydrogens (tertiary/aromatic N) is 4. The third kappa shape index (κ3) is 16.4. The molecule has 4 N–H and O–H groups in total. The summed E-state index contributed by atoms with van der Waals surface area (Å²) in [6, 6.07) is 68.6. The molecule has 8 heteroatoms. The number of H-pyrrole nitrogens is 4. The molecule has 718 valence electrons. The summed E-state index contributed by atoms with van der Waals surface area (Å²) < 4.78 is 0. The summed E-state index contributed by atoms with van der Waals surface area (Å²) >= 11 is 0. The van der Waals surface area contributed by atoms with Gasteiger partial charge in [-0.2, -0.15) is 0 Å². The van der Waals surface area contributed by atoms with E-state index in [0.717, 1.165) is 178 Å². The van der Waals surface area contributed by atoms with Crippen molar-refractivity contribution in [2.75, 3.05) is 0 Å². The Labute approximate surface area is 834 Å². The van der Waals surface area contributed by atoms with Crippen LogP contribution in [-0.2, 0) is 83.2 Å². The topological polar surface area (TPSA) is 115 Å². The van der Waals surface area contributed by atoms with Gasteiger partial charge in [-0.25, -0.2) is 15.0 Å². The van der Waals surface area contributed by atoms with Crippen molar-refractivity contribution in [2.24, 2.45) is 0 Å². The van der Waals surface area contributed by atoms with Crippen LogP contribution in [0.5, 0.6) is 0 Å². The highest BCUT2D eigenvalue weighted by Gasteiger charge is 2.58. The Morgan fingerprint density at radius 2 is 0.507 bits per heavy atom. The Bertz CT molecular complexity index is 7870. The van der Waals surface area contributed by atoms with Crippen molar-refractivity contribution in [3.05, 3.63) is 293 Å². The highest BCUT2D eigenvalue weighted by atomic mass is 14.9. The molecule has 1 spiro atoms. The quantitative estimate of drug-likeness (QED) is 0.133. The van der Waals surface area contributed by atoms with Crippen LogP contribution >= 0.6 is 0 Å². The molecule has 140 heavy (non-hydrogen) atoms. The first-order chi connectivity index (χ1) is 64.8. The van der Waals surface area contributed by atoms with E-state index in [-0.39, 0.29) is 70.9 Å². The minimum Gasteiger partial charge on any atom is -0.354 e. The van der Waals surface area contributed by atoms with Gasteiger partial charge in [0.15, 0.2) is 0 Å². The van der Waals surface area contributed by atoms with Gasteiger partial charge in [0.2, 0.25) is 0 Å². The van der Waals surface area contributed by atoms with Crippen LogP contribution in [0.25, 0.3) is 168 Å². The fraction of sp³-hybridized carbons (Fsp3) is 0.394. The smallest absolute Gasteiger partial charge is 0.0780 e. The number of rotatable bonds is 6. The van der Waals surface area contributed by atoms with Crippen molar-refractivity contribution >= 4 is 102 Å². The predicted octanol–water partition coefficient (Wildman–Crippen LogP) is 36.0. The Hall–Kier alpha value is -12.0. The van der Waals surface area contributed by atoms with Crippen LogP contribution < -0.4 is 0 Å². The normalized spacial score (nSPS) is 16.2. The van der Waals surface area contributed by atoms with Gasteiger partial charge in [-0.3, -0.25) is 4.98 Å². The number of allylic oxidation sites excluding steroid dienone is 1. The summed E-state index contributed by atoms with van der Waals surface area (Å²) in [4.78, 5) is 44.3. The molecule has 6 aromatic heterocycles. The number of hydrogen-bond donors (Lipinski definition) is 4. The van der Waals surface area contributed by atoms with E-state index in [4.69, 9.17) is 19.9 Å². The van der Waals surface area contributed by atoms with E-state index in [9.17, 15) is 0 Å². The third-order valence-corrected chi connectivity index (χ3v) is 31.5. The van der Waals surface area contributed by atoms with Crippen LogP contribution in [0.3, 0.4) is 0 Å². The van der Waals surface area contributed by atoms with Gasteiger partial charge in [0.05, 0.1) is 62.0 Å². The van der Waals surface area contributed by atoms with Crippen LogP contribution in [0.1, 0.15) is 379 Å². The fourth-order valence-electron chi connectivity index (χ4n) is 22.5. The molecule has 2 aliphatic carbocycles. The number of aromatic amines is 4. The molecule has 0 saturated heterocycles. The molecule has 8 nitrogen and oxygen atoms in total. The molecule has 0 fully saturated rings. The fourth-order valence-corrected chi connectivity index (χ4v) is 22.5. The lowest BCUT2D eigenvalue weighted by molar-refractivity contribution is 0.429. The monoisotopic (exact) mass is 1850 g/mol. The molecule has 14 aromatic rings. The molecular weight excluding hydrogens is 1700 g/mol. The van der Waals surface area contributed by atoms with E-state index in [0.29, 0.717) is 12.8 Å². The number of hydrogen-bond acceptors (Lipinski definition) is 4. The van der Waals surface area contributed by atoms with E-state index in [2.05, 4.69) is 469 Å². The maximum atomic E-state index is 6.98. The lowest BCUT2D eigenvalue weighted by Crippen LogP contribution is -2.40. The Morgan fingerprint density at radius 3 is 0.800 bits per heavy atom. The number of fused-ring (bicyclic) bond motifs is 15. The molecule has 8 aromatic carbocycles. The first kappa shape index (κ1) is 95.5. The molecule has 10 heterocycles. The minimum atomic E-state index is -0.876. The van der Waals surface area contributed by atoms with Crippen molar-refractivity contribution in [3.8, 4) is 66.8 Å². The molecule has 0 amide bonds. The number of benzene rings is 8. The Balaban J connectivity index is 1.10. The third-order valence-electron chi connectivity index (χ3n) is 31.5. The van der Waals surface area contributed by atoms with Crippen LogP contribution in [-0.4, -0.2) is 39.9 Å². The van der Waals surface area contributed by atoms with Gasteiger partial charge >= 0.3 is 0 Å². The molecule has 4 aliphatic heterocycles. The van der Waals surface area contributed by atoms with Crippen LogP contribution in [0, 0.1) is 0 Å². The van der Waals surface area contributed by atoms with Crippen molar-refractivity contribution in [1.29, 1.82) is 0 Å². The Kier molecular flexibility index (Phi) is 21.5. The van der Waals surface area contributed by atoms with E-state index in [1.807, 2.05) is 0 Å². The van der Waals surface area contributed by atoms with E-state index >= 15 is 0 Å². The van der Waals surface area contributed by atoms with Gasteiger partial charge in [0.1, 0.15) is 0 Å². The lowest BCUT2D eigenvalue weighted by Gasteiger charge is -2.43. The zero-order chi connectivity index (χ0) is 101. The summed E-state index contributed by atoms with van der Waals surface area (Å²) in [5.41, 5.74) is 43.6. The van der Waals surface area contributed by atoms with Crippen molar-refractivity contribution in [2.45, 2.75) is 338 Å². The second kappa shape index (κ2) is 31.5. The maximum absolute atomic E-state index is 6.98. The van der Waals surface area contributed by atoms with Gasteiger partial charge in [-0.15, -0.1) is 0 Å². The number of nitrogens with one attached hydrogen (secondary N) is 4. The van der Waals surface area contributed by atoms with Gasteiger partial charge in [0.25, 0.3) is 0 Å². The number of aromatic nitrogens is 8. The van der Waals surface area contributed by atoms with Gasteiger partial charge in [-0.05, 0) is 261 Å². The van der Waals surface area contributed by atoms with Gasteiger partial charge in [-0.1, -0.05) is 383 Å². The zero-order valence-electron chi connectivity index (χ0n) is 90.8. The first-order valence-electron chi connectivity index (χ1n) is 51.7. The molecule has 0 saturated carbocycles.